The minimum Gasteiger partial charge on any atom is -0.381 e. The van der Waals surface area contributed by atoms with E-state index in [1.54, 1.807) is 18.2 Å². The van der Waals surface area contributed by atoms with Crippen LogP contribution in [0.3, 0.4) is 0 Å². The third-order valence-corrected chi connectivity index (χ3v) is 5.00. The molecule has 0 atom stereocenters. The third kappa shape index (κ3) is 5.91. The van der Waals surface area contributed by atoms with E-state index in [4.69, 9.17) is 4.74 Å². The van der Waals surface area contributed by atoms with Gasteiger partial charge in [0.15, 0.2) is 0 Å². The zero-order chi connectivity index (χ0) is 15.2. The van der Waals surface area contributed by atoms with E-state index in [9.17, 15) is 8.42 Å². The fourth-order valence-corrected chi connectivity index (χ4v) is 2.97. The van der Waals surface area contributed by atoms with Gasteiger partial charge in [0.25, 0.3) is 0 Å². The first-order chi connectivity index (χ1) is 9.33. The van der Waals surface area contributed by atoms with Crippen molar-refractivity contribution in [2.24, 2.45) is 5.92 Å². The molecule has 0 aliphatic carbocycles. The molecule has 0 aliphatic heterocycles. The van der Waals surface area contributed by atoms with E-state index >= 15 is 0 Å². The van der Waals surface area contributed by atoms with Crippen molar-refractivity contribution in [3.05, 3.63) is 28.2 Å². The Kier molecular flexibility index (Phi) is 7.15. The summed E-state index contributed by atoms with van der Waals surface area (Å²) < 4.78 is 33.0. The van der Waals surface area contributed by atoms with Crippen molar-refractivity contribution in [3.8, 4) is 0 Å². The van der Waals surface area contributed by atoms with Crippen LogP contribution in [0.4, 0.5) is 0 Å². The van der Waals surface area contributed by atoms with E-state index in [1.165, 1.54) is 0 Å². The van der Waals surface area contributed by atoms with Crippen LogP contribution in [0.15, 0.2) is 27.6 Å². The van der Waals surface area contributed by atoms with Gasteiger partial charge in [-0.1, -0.05) is 29.8 Å². The van der Waals surface area contributed by atoms with Gasteiger partial charge < -0.3 is 4.74 Å². The van der Waals surface area contributed by atoms with Crippen molar-refractivity contribution >= 4 is 26.0 Å². The molecule has 0 unspecified atom stereocenters. The van der Waals surface area contributed by atoms with Gasteiger partial charge in [0.2, 0.25) is 10.0 Å². The smallest absolute Gasteiger partial charge is 0.240 e. The maximum absolute atomic E-state index is 12.1. The molecular formula is C14H22BrNO3S. The molecule has 4 nitrogen and oxygen atoms in total. The van der Waals surface area contributed by atoms with Crippen LogP contribution in [0.2, 0.25) is 0 Å². The first-order valence-electron chi connectivity index (χ1n) is 6.66. The number of aryl methyl sites for hydroxylation is 1. The van der Waals surface area contributed by atoms with Crippen LogP contribution in [0.1, 0.15) is 25.8 Å². The van der Waals surface area contributed by atoms with Gasteiger partial charge in [-0.2, -0.15) is 0 Å². The fraction of sp³-hybridized carbons (Fsp3) is 0.571. The summed E-state index contributed by atoms with van der Waals surface area (Å²) in [5, 5.41) is 0. The molecule has 0 saturated heterocycles. The van der Waals surface area contributed by atoms with Crippen LogP contribution in [0, 0.1) is 12.8 Å². The topological polar surface area (TPSA) is 55.4 Å². The number of hydrogen-bond acceptors (Lipinski definition) is 3. The summed E-state index contributed by atoms with van der Waals surface area (Å²) >= 11 is 3.36. The molecule has 1 rings (SSSR count). The van der Waals surface area contributed by atoms with E-state index in [2.05, 4.69) is 34.5 Å². The standard InChI is InChI=1S/C14H22BrNO3S/c1-11(2)10-19-8-4-7-16-20(17,18)13-5-6-14(15)12(3)9-13/h5-6,9,11,16H,4,7-8,10H2,1-3H3. The van der Waals surface area contributed by atoms with Gasteiger partial charge in [-0.15, -0.1) is 0 Å². The monoisotopic (exact) mass is 363 g/mol. The summed E-state index contributed by atoms with van der Waals surface area (Å²) in [6, 6.07) is 4.99. The SMILES string of the molecule is Cc1cc(S(=O)(=O)NCCCOCC(C)C)ccc1Br. The van der Waals surface area contributed by atoms with Crippen molar-refractivity contribution in [1.82, 2.24) is 4.72 Å². The van der Waals surface area contributed by atoms with E-state index in [0.717, 1.165) is 10.0 Å². The number of benzene rings is 1. The average molecular weight is 364 g/mol. The van der Waals surface area contributed by atoms with Crippen LogP contribution in [-0.4, -0.2) is 28.2 Å². The fourth-order valence-electron chi connectivity index (χ4n) is 1.57. The molecule has 1 aromatic rings. The number of hydrogen-bond donors (Lipinski definition) is 1. The number of rotatable bonds is 8. The lowest BCUT2D eigenvalue weighted by Gasteiger charge is -2.09. The highest BCUT2D eigenvalue weighted by atomic mass is 79.9. The molecule has 20 heavy (non-hydrogen) atoms. The summed E-state index contributed by atoms with van der Waals surface area (Å²) in [6.07, 6.45) is 0.668. The van der Waals surface area contributed by atoms with Crippen molar-refractivity contribution < 1.29 is 13.2 Å². The van der Waals surface area contributed by atoms with Crippen LogP contribution >= 0.6 is 15.9 Å². The van der Waals surface area contributed by atoms with Gasteiger partial charge in [0.05, 0.1) is 4.90 Å². The van der Waals surface area contributed by atoms with Gasteiger partial charge in [0, 0.05) is 24.2 Å². The lowest BCUT2D eigenvalue weighted by atomic mass is 10.2. The molecule has 0 bridgehead atoms. The number of sulfonamides is 1. The zero-order valence-electron chi connectivity index (χ0n) is 12.1. The summed E-state index contributed by atoms with van der Waals surface area (Å²) in [6.45, 7) is 7.69. The Morgan fingerprint density at radius 3 is 2.65 bits per heavy atom. The highest BCUT2D eigenvalue weighted by Gasteiger charge is 2.13. The Morgan fingerprint density at radius 1 is 1.35 bits per heavy atom. The molecule has 0 spiro atoms. The Morgan fingerprint density at radius 2 is 2.05 bits per heavy atom. The highest BCUT2D eigenvalue weighted by molar-refractivity contribution is 9.10. The second-order valence-electron chi connectivity index (χ2n) is 5.13. The van der Waals surface area contributed by atoms with E-state index in [-0.39, 0.29) is 0 Å². The van der Waals surface area contributed by atoms with Crippen LogP contribution in [-0.2, 0) is 14.8 Å². The minimum absolute atomic E-state index is 0.293. The first-order valence-corrected chi connectivity index (χ1v) is 8.94. The van der Waals surface area contributed by atoms with Crippen LogP contribution < -0.4 is 4.72 Å². The predicted molar refractivity (Wildman–Crippen MR) is 84.3 cm³/mol. The molecule has 0 aromatic heterocycles. The quantitative estimate of drug-likeness (QED) is 0.722. The number of ether oxygens (including phenoxy) is 1. The van der Waals surface area contributed by atoms with Gasteiger partial charge in [-0.3, -0.25) is 0 Å². The van der Waals surface area contributed by atoms with E-state index < -0.39 is 10.0 Å². The summed E-state index contributed by atoms with van der Waals surface area (Å²) in [5.74, 6) is 0.498. The van der Waals surface area contributed by atoms with Crippen molar-refractivity contribution in [3.63, 3.8) is 0 Å². The molecule has 114 valence electrons. The Labute approximate surface area is 130 Å². The maximum Gasteiger partial charge on any atom is 0.240 e. The van der Waals surface area contributed by atoms with Crippen molar-refractivity contribution in [2.45, 2.75) is 32.1 Å². The van der Waals surface area contributed by atoms with Gasteiger partial charge >= 0.3 is 0 Å². The summed E-state index contributed by atoms with van der Waals surface area (Å²) in [4.78, 5) is 0.293. The Bertz CT molecular complexity index is 529. The number of halogens is 1. The van der Waals surface area contributed by atoms with Crippen LogP contribution in [0.5, 0.6) is 0 Å². The van der Waals surface area contributed by atoms with Gasteiger partial charge in [0.1, 0.15) is 0 Å². The van der Waals surface area contributed by atoms with E-state index in [0.29, 0.717) is 37.0 Å². The zero-order valence-corrected chi connectivity index (χ0v) is 14.6. The van der Waals surface area contributed by atoms with Gasteiger partial charge in [-0.25, -0.2) is 13.1 Å². The third-order valence-electron chi connectivity index (χ3n) is 2.65. The molecule has 0 aliphatic rings. The summed E-state index contributed by atoms with van der Waals surface area (Å²) in [5.41, 5.74) is 0.896. The summed E-state index contributed by atoms with van der Waals surface area (Å²) in [7, 11) is -3.43. The molecule has 0 radical (unpaired) electrons. The molecule has 0 amide bonds. The highest BCUT2D eigenvalue weighted by Crippen LogP contribution is 2.19. The predicted octanol–water partition coefficient (Wildman–Crippen LogP) is 3.10. The lowest BCUT2D eigenvalue weighted by molar-refractivity contribution is 0.108. The van der Waals surface area contributed by atoms with Gasteiger partial charge in [-0.05, 0) is 43.0 Å². The molecular weight excluding hydrogens is 342 g/mol. The second kappa shape index (κ2) is 8.12. The van der Waals surface area contributed by atoms with E-state index in [1.807, 2.05) is 6.92 Å². The first kappa shape index (κ1) is 17.6. The molecule has 1 N–H and O–H groups in total. The lowest BCUT2D eigenvalue weighted by Crippen LogP contribution is -2.25. The van der Waals surface area contributed by atoms with Crippen molar-refractivity contribution in [1.29, 1.82) is 0 Å². The number of nitrogens with one attached hydrogen (secondary N) is 1. The molecule has 0 heterocycles. The molecule has 0 saturated carbocycles. The van der Waals surface area contributed by atoms with Crippen LogP contribution in [0.25, 0.3) is 0 Å². The largest absolute Gasteiger partial charge is 0.381 e. The second-order valence-corrected chi connectivity index (χ2v) is 7.75. The Hall–Kier alpha value is -0.430. The molecule has 1 aromatic carbocycles. The normalized spacial score (nSPS) is 12.1. The minimum atomic E-state index is -3.43. The average Bonchev–Trinajstić information content (AvgIpc) is 2.36. The van der Waals surface area contributed by atoms with Crippen molar-refractivity contribution in [2.75, 3.05) is 19.8 Å². The maximum atomic E-state index is 12.1. The molecule has 0 fully saturated rings. The Balaban J connectivity index is 2.43. The molecule has 6 heteroatoms.